The van der Waals surface area contributed by atoms with Crippen LogP contribution in [-0.4, -0.2) is 43.5 Å². The first-order chi connectivity index (χ1) is 9.61. The Labute approximate surface area is 117 Å². The normalized spacial score (nSPS) is 10.4. The molecule has 2 rings (SSSR count). The van der Waals surface area contributed by atoms with Gasteiger partial charge in [-0.3, -0.25) is 4.79 Å². The first kappa shape index (κ1) is 14.1. The fraction of sp³-hybridized carbons (Fsp3) is 0.300. The smallest absolute Gasteiger partial charge is 0.358 e. The molecule has 0 radical (unpaired) electrons. The van der Waals surface area contributed by atoms with E-state index in [0.717, 1.165) is 0 Å². The molecule has 2 aromatic heterocycles. The Hall–Kier alpha value is -2.33. The number of aromatic carboxylic acids is 1. The van der Waals surface area contributed by atoms with Crippen LogP contribution < -0.4 is 11.1 Å². The first-order valence-corrected chi connectivity index (χ1v) is 6.55. The number of nitrogens with two attached hydrogens (primary N) is 1. The molecule has 0 aliphatic carbocycles. The van der Waals surface area contributed by atoms with Gasteiger partial charge in [-0.15, -0.1) is 16.4 Å². The number of hydrogen-bond donors (Lipinski definition) is 3. The lowest BCUT2D eigenvalue weighted by Gasteiger charge is -2.05. The molecule has 0 saturated carbocycles. The van der Waals surface area contributed by atoms with Crippen molar-refractivity contribution >= 4 is 28.3 Å². The minimum atomic E-state index is -1.19. The van der Waals surface area contributed by atoms with Gasteiger partial charge in [0.25, 0.3) is 0 Å². The van der Waals surface area contributed by atoms with Gasteiger partial charge in [-0.25, -0.2) is 14.5 Å². The van der Waals surface area contributed by atoms with Gasteiger partial charge in [-0.2, -0.15) is 0 Å². The molecule has 0 fully saturated rings. The van der Waals surface area contributed by atoms with Crippen LogP contribution in [0.4, 0.5) is 5.13 Å². The Morgan fingerprint density at radius 1 is 1.50 bits per heavy atom. The summed E-state index contributed by atoms with van der Waals surface area (Å²) in [4.78, 5) is 26.7. The SMILES string of the molecule is NCCc1c(C(=O)O)nnn1CC(=O)Nc1nccs1. The van der Waals surface area contributed by atoms with E-state index >= 15 is 0 Å². The molecule has 106 valence electrons. The van der Waals surface area contributed by atoms with Crippen molar-refractivity contribution in [2.75, 3.05) is 11.9 Å². The van der Waals surface area contributed by atoms with E-state index in [1.165, 1.54) is 16.0 Å². The number of nitrogens with one attached hydrogen (secondary N) is 1. The summed E-state index contributed by atoms with van der Waals surface area (Å²) in [5.41, 5.74) is 5.57. The Bertz CT molecular complexity index is 609. The summed E-state index contributed by atoms with van der Waals surface area (Å²) in [6, 6.07) is 0. The quantitative estimate of drug-likeness (QED) is 0.658. The van der Waals surface area contributed by atoms with E-state index in [1.54, 1.807) is 11.6 Å². The first-order valence-electron chi connectivity index (χ1n) is 5.67. The second-order valence-corrected chi connectivity index (χ2v) is 4.67. The topological polar surface area (TPSA) is 136 Å². The number of rotatable bonds is 6. The van der Waals surface area contributed by atoms with E-state index in [-0.39, 0.29) is 31.1 Å². The molecular formula is C10H12N6O3S. The molecule has 0 aromatic carbocycles. The molecule has 0 spiro atoms. The summed E-state index contributed by atoms with van der Waals surface area (Å²) < 4.78 is 1.24. The predicted molar refractivity (Wildman–Crippen MR) is 70.5 cm³/mol. The van der Waals surface area contributed by atoms with E-state index in [0.29, 0.717) is 10.8 Å². The molecule has 2 heterocycles. The standard InChI is InChI=1S/C10H12N6O3S/c11-2-1-6-8(9(18)19)14-15-16(6)5-7(17)13-10-12-3-4-20-10/h3-4H,1-2,5,11H2,(H,18,19)(H,12,13,17). The molecule has 20 heavy (non-hydrogen) atoms. The third-order valence-corrected chi connectivity index (χ3v) is 3.08. The maximum absolute atomic E-state index is 11.8. The number of anilines is 1. The van der Waals surface area contributed by atoms with Gasteiger partial charge in [0.05, 0.1) is 5.69 Å². The molecular weight excluding hydrogens is 284 g/mol. The van der Waals surface area contributed by atoms with E-state index in [1.807, 2.05) is 0 Å². The number of nitrogens with zero attached hydrogens (tertiary/aromatic N) is 4. The lowest BCUT2D eigenvalue weighted by atomic mass is 10.2. The Kier molecular flexibility index (Phi) is 4.38. The summed E-state index contributed by atoms with van der Waals surface area (Å²) in [7, 11) is 0. The van der Waals surface area contributed by atoms with E-state index in [2.05, 4.69) is 20.6 Å². The van der Waals surface area contributed by atoms with Crippen LogP contribution >= 0.6 is 11.3 Å². The van der Waals surface area contributed by atoms with Crippen LogP contribution in [0.3, 0.4) is 0 Å². The highest BCUT2D eigenvalue weighted by atomic mass is 32.1. The molecule has 9 nitrogen and oxygen atoms in total. The molecule has 10 heteroatoms. The average molecular weight is 296 g/mol. The van der Waals surface area contributed by atoms with Gasteiger partial charge in [0.2, 0.25) is 5.91 Å². The fourth-order valence-corrected chi connectivity index (χ4v) is 2.14. The summed E-state index contributed by atoms with van der Waals surface area (Å²) >= 11 is 1.28. The molecule has 1 amide bonds. The van der Waals surface area contributed by atoms with Gasteiger partial charge >= 0.3 is 5.97 Å². The van der Waals surface area contributed by atoms with Crippen LogP contribution in [0.15, 0.2) is 11.6 Å². The Balaban J connectivity index is 2.12. The van der Waals surface area contributed by atoms with Crippen molar-refractivity contribution in [2.45, 2.75) is 13.0 Å². The number of hydrogen-bond acceptors (Lipinski definition) is 7. The van der Waals surface area contributed by atoms with Gasteiger partial charge in [-0.1, -0.05) is 5.21 Å². The van der Waals surface area contributed by atoms with Crippen molar-refractivity contribution in [1.29, 1.82) is 0 Å². The number of thiazole rings is 1. The van der Waals surface area contributed by atoms with Crippen LogP contribution in [0.5, 0.6) is 0 Å². The highest BCUT2D eigenvalue weighted by molar-refractivity contribution is 7.13. The molecule has 0 aliphatic heterocycles. The van der Waals surface area contributed by atoms with Crippen LogP contribution in [-0.2, 0) is 17.8 Å². The van der Waals surface area contributed by atoms with E-state index < -0.39 is 5.97 Å². The second-order valence-electron chi connectivity index (χ2n) is 3.77. The van der Waals surface area contributed by atoms with Crippen molar-refractivity contribution in [1.82, 2.24) is 20.0 Å². The molecule has 0 unspecified atom stereocenters. The number of amides is 1. The van der Waals surface area contributed by atoms with Crippen molar-refractivity contribution in [2.24, 2.45) is 5.73 Å². The monoisotopic (exact) mass is 296 g/mol. The number of carboxylic acid groups (broad SMARTS) is 1. The van der Waals surface area contributed by atoms with Gasteiger partial charge in [0, 0.05) is 18.0 Å². The summed E-state index contributed by atoms with van der Waals surface area (Å²) in [6.45, 7) is 0.0942. The van der Waals surface area contributed by atoms with E-state index in [9.17, 15) is 9.59 Å². The van der Waals surface area contributed by atoms with Crippen molar-refractivity contribution in [3.05, 3.63) is 23.0 Å². The number of carboxylic acids is 1. The minimum absolute atomic E-state index is 0.144. The van der Waals surface area contributed by atoms with Crippen molar-refractivity contribution in [3.8, 4) is 0 Å². The van der Waals surface area contributed by atoms with Crippen LogP contribution in [0.2, 0.25) is 0 Å². The minimum Gasteiger partial charge on any atom is -0.476 e. The molecule has 0 bridgehead atoms. The van der Waals surface area contributed by atoms with Crippen molar-refractivity contribution < 1.29 is 14.7 Å². The highest BCUT2D eigenvalue weighted by Crippen LogP contribution is 2.11. The molecule has 0 atom stereocenters. The summed E-state index contributed by atoms with van der Waals surface area (Å²) in [5, 5.41) is 21.0. The third-order valence-electron chi connectivity index (χ3n) is 2.39. The number of carbonyl (C=O) groups is 2. The Morgan fingerprint density at radius 3 is 2.90 bits per heavy atom. The third kappa shape index (κ3) is 3.16. The number of aromatic nitrogens is 4. The molecule has 0 aliphatic rings. The highest BCUT2D eigenvalue weighted by Gasteiger charge is 2.19. The summed E-state index contributed by atoms with van der Waals surface area (Å²) in [5.74, 6) is -1.56. The van der Waals surface area contributed by atoms with Gasteiger partial charge in [0.1, 0.15) is 6.54 Å². The van der Waals surface area contributed by atoms with Crippen LogP contribution in [0, 0.1) is 0 Å². The lowest BCUT2D eigenvalue weighted by Crippen LogP contribution is -2.22. The van der Waals surface area contributed by atoms with E-state index in [4.69, 9.17) is 10.8 Å². The zero-order valence-corrected chi connectivity index (χ0v) is 11.1. The molecule has 0 saturated heterocycles. The number of carbonyl (C=O) groups excluding carboxylic acids is 1. The lowest BCUT2D eigenvalue weighted by molar-refractivity contribution is -0.117. The van der Waals surface area contributed by atoms with Gasteiger partial charge in [0.15, 0.2) is 10.8 Å². The largest absolute Gasteiger partial charge is 0.476 e. The van der Waals surface area contributed by atoms with Gasteiger partial charge in [-0.05, 0) is 6.54 Å². The maximum Gasteiger partial charge on any atom is 0.358 e. The zero-order chi connectivity index (χ0) is 14.5. The maximum atomic E-state index is 11.8. The average Bonchev–Trinajstić information content (AvgIpc) is 3.00. The summed E-state index contributed by atoms with van der Waals surface area (Å²) in [6.07, 6.45) is 1.84. The zero-order valence-electron chi connectivity index (χ0n) is 10.3. The Morgan fingerprint density at radius 2 is 2.30 bits per heavy atom. The second kappa shape index (κ2) is 6.21. The molecule has 2 aromatic rings. The molecule has 4 N–H and O–H groups in total. The van der Waals surface area contributed by atoms with Crippen LogP contribution in [0.25, 0.3) is 0 Å². The predicted octanol–water partition coefficient (Wildman–Crippen LogP) is -0.427. The van der Waals surface area contributed by atoms with Crippen molar-refractivity contribution in [3.63, 3.8) is 0 Å². The van der Waals surface area contributed by atoms with Gasteiger partial charge < -0.3 is 16.2 Å². The fourth-order valence-electron chi connectivity index (χ4n) is 1.59. The van der Waals surface area contributed by atoms with Crippen LogP contribution in [0.1, 0.15) is 16.2 Å².